The number of fused-ring (bicyclic) bond motifs is 4. The van der Waals surface area contributed by atoms with Crippen molar-refractivity contribution in [1.82, 2.24) is 0 Å². The van der Waals surface area contributed by atoms with Crippen LogP contribution in [0.15, 0.2) is 0 Å². The fourth-order valence-corrected chi connectivity index (χ4v) is 9.21. The number of ether oxygens (including phenoxy) is 2. The van der Waals surface area contributed by atoms with Gasteiger partial charge in [0, 0.05) is 0 Å². The minimum atomic E-state index is -5.57. The zero-order valence-electron chi connectivity index (χ0n) is 26.8. The maximum atomic E-state index is 13.5. The van der Waals surface area contributed by atoms with E-state index in [-0.39, 0.29) is 35.5 Å². The van der Waals surface area contributed by atoms with Gasteiger partial charge in [-0.25, -0.2) is 0 Å². The van der Waals surface area contributed by atoms with E-state index in [1.807, 2.05) is 27.7 Å². The van der Waals surface area contributed by atoms with Gasteiger partial charge in [-0.05, 0) is 112 Å². The lowest BCUT2D eigenvalue weighted by molar-refractivity contribution is -0.393. The molecule has 0 aromatic heterocycles. The van der Waals surface area contributed by atoms with Crippen molar-refractivity contribution in [3.63, 3.8) is 0 Å². The SMILES string of the molecule is CC(C)OC(CC1CC2CC1C(C)C2C)(C(F)(F)F)C(F)(F)F.CC1C2CC(CC(OCCO)(C(F)(F)F)C(F)(F)F)C(C2)C1C. The second-order valence-electron chi connectivity index (χ2n) is 14.5. The monoisotopic (exact) mass is 694 g/mol. The lowest BCUT2D eigenvalue weighted by Gasteiger charge is -2.42. The lowest BCUT2D eigenvalue weighted by atomic mass is 9.71. The van der Waals surface area contributed by atoms with Crippen LogP contribution in [0.2, 0.25) is 0 Å². The minimum absolute atomic E-state index is 0.0742. The predicted molar refractivity (Wildman–Crippen MR) is 144 cm³/mol. The second kappa shape index (κ2) is 13.4. The Morgan fingerprint density at radius 3 is 1.17 bits per heavy atom. The van der Waals surface area contributed by atoms with E-state index in [0.717, 1.165) is 6.42 Å². The predicted octanol–water partition coefficient (Wildman–Crippen LogP) is 9.77. The Bertz CT molecular complexity index is 973. The standard InChI is InChI=1S/C16H24F6O.C15H22F6O2/c1-8(2)23-14(15(17,18)19,16(20,21)22)7-12-5-11-6-13(12)10(4)9(11)3;1-8-9(2)12-6-10(8)5-11(12)7-13(14(16,17)18,15(19,20)21)23-4-3-22/h8-13H,5-7H2,1-4H3;8-12,22H,3-7H2,1-2H3. The molecular weight excluding hydrogens is 648 g/mol. The third kappa shape index (κ3) is 7.16. The first-order valence-electron chi connectivity index (χ1n) is 15.9. The fraction of sp³-hybridized carbons (Fsp3) is 1.00. The summed E-state index contributed by atoms with van der Waals surface area (Å²) >= 11 is 0. The van der Waals surface area contributed by atoms with Gasteiger partial charge >= 0.3 is 24.7 Å². The Kier molecular flexibility index (Phi) is 11.5. The molecule has 4 aliphatic carbocycles. The van der Waals surface area contributed by atoms with Crippen molar-refractivity contribution in [2.45, 2.75) is 122 Å². The molecule has 10 unspecified atom stereocenters. The largest absolute Gasteiger partial charge is 0.426 e. The highest BCUT2D eigenvalue weighted by molar-refractivity contribution is 5.06. The molecule has 4 saturated carbocycles. The molecule has 0 spiro atoms. The molecule has 0 amide bonds. The highest BCUT2D eigenvalue weighted by atomic mass is 19.4. The molecule has 0 aliphatic heterocycles. The van der Waals surface area contributed by atoms with Gasteiger partial charge < -0.3 is 14.6 Å². The van der Waals surface area contributed by atoms with E-state index in [4.69, 9.17) is 5.11 Å². The third-order valence-electron chi connectivity index (χ3n) is 11.9. The van der Waals surface area contributed by atoms with E-state index in [1.165, 1.54) is 13.8 Å². The molecule has 0 aromatic rings. The van der Waals surface area contributed by atoms with E-state index in [9.17, 15) is 52.7 Å². The Morgan fingerprint density at radius 1 is 0.565 bits per heavy atom. The van der Waals surface area contributed by atoms with Crippen LogP contribution in [0, 0.1) is 59.2 Å². The van der Waals surface area contributed by atoms with Gasteiger partial charge in [-0.15, -0.1) is 0 Å². The maximum Gasteiger partial charge on any atom is 0.426 e. The summed E-state index contributed by atoms with van der Waals surface area (Å²) in [4.78, 5) is 0. The van der Waals surface area contributed by atoms with Gasteiger partial charge in [0.15, 0.2) is 0 Å². The van der Waals surface area contributed by atoms with Crippen LogP contribution in [-0.2, 0) is 9.47 Å². The summed E-state index contributed by atoms with van der Waals surface area (Å²) < 4.78 is 170. The summed E-state index contributed by atoms with van der Waals surface area (Å²) in [6.07, 6.45) is -23.1. The molecule has 4 fully saturated rings. The molecule has 46 heavy (non-hydrogen) atoms. The highest BCUT2D eigenvalue weighted by Crippen LogP contribution is 2.61. The summed E-state index contributed by atoms with van der Waals surface area (Å²) in [6.45, 7) is 8.41. The second-order valence-corrected chi connectivity index (χ2v) is 14.5. The molecule has 1 N–H and O–H groups in total. The van der Waals surface area contributed by atoms with Crippen molar-refractivity contribution in [2.24, 2.45) is 59.2 Å². The number of rotatable bonds is 9. The number of hydrogen-bond donors (Lipinski definition) is 1. The van der Waals surface area contributed by atoms with Crippen LogP contribution in [0.4, 0.5) is 52.7 Å². The normalized spacial score (nSPS) is 35.2. The van der Waals surface area contributed by atoms with Crippen molar-refractivity contribution in [3.05, 3.63) is 0 Å². The molecule has 0 radical (unpaired) electrons. The van der Waals surface area contributed by atoms with Gasteiger partial charge in [-0.1, -0.05) is 27.7 Å². The van der Waals surface area contributed by atoms with Crippen molar-refractivity contribution in [1.29, 1.82) is 0 Å². The molecule has 0 heterocycles. The number of aliphatic hydroxyl groups excluding tert-OH is 1. The van der Waals surface area contributed by atoms with Gasteiger partial charge in [-0.2, -0.15) is 52.7 Å². The molecule has 4 rings (SSSR count). The van der Waals surface area contributed by atoms with Crippen molar-refractivity contribution in [3.8, 4) is 0 Å². The fourth-order valence-electron chi connectivity index (χ4n) is 9.21. The highest BCUT2D eigenvalue weighted by Gasteiger charge is 2.74. The molecule has 15 heteroatoms. The van der Waals surface area contributed by atoms with Crippen LogP contribution in [0.3, 0.4) is 0 Å². The average molecular weight is 695 g/mol. The first-order chi connectivity index (χ1) is 20.7. The Morgan fingerprint density at radius 2 is 0.913 bits per heavy atom. The van der Waals surface area contributed by atoms with Crippen molar-refractivity contribution in [2.75, 3.05) is 13.2 Å². The summed E-state index contributed by atoms with van der Waals surface area (Å²) in [5, 5.41) is 8.64. The van der Waals surface area contributed by atoms with Crippen LogP contribution in [0.5, 0.6) is 0 Å². The van der Waals surface area contributed by atoms with Gasteiger partial charge in [-0.3, -0.25) is 0 Å². The first-order valence-corrected chi connectivity index (χ1v) is 15.9. The van der Waals surface area contributed by atoms with Crippen molar-refractivity contribution < 1.29 is 67.3 Å². The number of aliphatic hydroxyl groups is 1. The number of hydrogen-bond acceptors (Lipinski definition) is 3. The third-order valence-corrected chi connectivity index (χ3v) is 11.9. The smallest absolute Gasteiger partial charge is 0.394 e. The Balaban J connectivity index is 0.000000250. The van der Waals surface area contributed by atoms with Gasteiger partial charge in [0.25, 0.3) is 11.2 Å². The molecule has 10 atom stereocenters. The van der Waals surface area contributed by atoms with Crippen molar-refractivity contribution >= 4 is 0 Å². The van der Waals surface area contributed by atoms with E-state index in [1.54, 1.807) is 0 Å². The van der Waals surface area contributed by atoms with Crippen LogP contribution in [0.25, 0.3) is 0 Å². The first kappa shape index (κ1) is 39.5. The molecule has 0 aromatic carbocycles. The molecule has 272 valence electrons. The zero-order chi connectivity index (χ0) is 35.4. The Hall–Kier alpha value is -0.960. The molecular formula is C31H46F12O3. The minimum Gasteiger partial charge on any atom is -0.394 e. The van der Waals surface area contributed by atoms with Gasteiger partial charge in [0.2, 0.25) is 0 Å². The lowest BCUT2D eigenvalue weighted by Crippen LogP contribution is -2.61. The summed E-state index contributed by atoms with van der Waals surface area (Å²) in [7, 11) is 0. The van der Waals surface area contributed by atoms with Crippen LogP contribution in [0.1, 0.15) is 80.1 Å². The van der Waals surface area contributed by atoms with E-state index in [2.05, 4.69) is 9.47 Å². The summed E-state index contributed by atoms with van der Waals surface area (Å²) in [5.74, 6) is -0.0369. The molecule has 0 saturated heterocycles. The van der Waals surface area contributed by atoms with Crippen LogP contribution in [-0.4, -0.2) is 60.3 Å². The average Bonchev–Trinajstić information content (AvgIpc) is 3.62. The van der Waals surface area contributed by atoms with E-state index in [0.29, 0.717) is 31.1 Å². The molecule has 3 nitrogen and oxygen atoms in total. The zero-order valence-corrected chi connectivity index (χ0v) is 26.8. The number of halogens is 12. The van der Waals surface area contributed by atoms with E-state index < -0.39 is 79.9 Å². The molecule has 4 aliphatic rings. The Labute approximate surface area is 262 Å². The van der Waals surface area contributed by atoms with Gasteiger partial charge in [0.05, 0.1) is 19.3 Å². The quantitative estimate of drug-likeness (QED) is 0.245. The van der Waals surface area contributed by atoms with Gasteiger partial charge in [0.1, 0.15) is 0 Å². The van der Waals surface area contributed by atoms with E-state index >= 15 is 0 Å². The van der Waals surface area contributed by atoms with Crippen LogP contribution >= 0.6 is 0 Å². The molecule has 4 bridgehead atoms. The number of alkyl halides is 12. The summed E-state index contributed by atoms with van der Waals surface area (Å²) in [5.41, 5.74) is -8.26. The maximum absolute atomic E-state index is 13.5. The topological polar surface area (TPSA) is 38.7 Å². The summed E-state index contributed by atoms with van der Waals surface area (Å²) in [6, 6.07) is 0. The van der Waals surface area contributed by atoms with Crippen LogP contribution < -0.4 is 0 Å².